The van der Waals surface area contributed by atoms with Crippen LogP contribution in [0.5, 0.6) is 5.75 Å². The highest BCUT2D eigenvalue weighted by atomic mass is 32.1. The number of hydrogen-bond acceptors (Lipinski definition) is 4. The molecular weight excluding hydrogens is 444 g/mol. The van der Waals surface area contributed by atoms with Crippen molar-refractivity contribution in [2.45, 2.75) is 27.2 Å². The number of thiocarbonyl (C=S) groups is 1. The van der Waals surface area contributed by atoms with Gasteiger partial charge in [0.05, 0.1) is 18.0 Å². The number of carbonyl (C=O) groups excluding carboxylic acids is 2. The molecule has 0 atom stereocenters. The molecule has 0 N–H and O–H groups in total. The highest BCUT2D eigenvalue weighted by Gasteiger charge is 2.41. The fourth-order valence-electron chi connectivity index (χ4n) is 3.73. The average molecular weight is 471 g/mol. The van der Waals surface area contributed by atoms with E-state index in [4.69, 9.17) is 17.0 Å². The van der Waals surface area contributed by atoms with Crippen molar-refractivity contribution in [3.8, 4) is 5.75 Å². The molecule has 0 aromatic heterocycles. The smallest absolute Gasteiger partial charge is 0.270 e. The minimum Gasteiger partial charge on any atom is -0.493 e. The molecule has 6 heteroatoms. The monoisotopic (exact) mass is 470 g/mol. The van der Waals surface area contributed by atoms with Gasteiger partial charge in [0, 0.05) is 5.56 Å². The first-order valence-corrected chi connectivity index (χ1v) is 11.6. The molecule has 1 heterocycles. The van der Waals surface area contributed by atoms with E-state index < -0.39 is 11.8 Å². The first-order chi connectivity index (χ1) is 16.4. The number of benzene rings is 3. The van der Waals surface area contributed by atoms with Crippen molar-refractivity contribution in [1.82, 2.24) is 0 Å². The summed E-state index contributed by atoms with van der Waals surface area (Å²) in [6.45, 7) is 6.55. The van der Waals surface area contributed by atoms with Crippen LogP contribution in [-0.4, -0.2) is 23.5 Å². The molecule has 0 spiro atoms. The Balaban J connectivity index is 1.87. The predicted octanol–water partition coefficient (Wildman–Crippen LogP) is 5.84. The lowest BCUT2D eigenvalue weighted by molar-refractivity contribution is -0.120. The van der Waals surface area contributed by atoms with Crippen molar-refractivity contribution in [3.63, 3.8) is 0 Å². The summed E-state index contributed by atoms with van der Waals surface area (Å²) < 4.78 is 5.85. The maximum Gasteiger partial charge on any atom is 0.270 e. The zero-order valence-corrected chi connectivity index (χ0v) is 20.3. The van der Waals surface area contributed by atoms with E-state index in [0.29, 0.717) is 29.3 Å². The summed E-state index contributed by atoms with van der Waals surface area (Å²) in [6.07, 6.45) is 2.45. The summed E-state index contributed by atoms with van der Waals surface area (Å²) in [5.74, 6) is -0.308. The third kappa shape index (κ3) is 4.50. The highest BCUT2D eigenvalue weighted by molar-refractivity contribution is 7.81. The Morgan fingerprint density at radius 2 is 1.47 bits per heavy atom. The fourth-order valence-corrected chi connectivity index (χ4v) is 4.10. The first-order valence-electron chi connectivity index (χ1n) is 11.2. The van der Waals surface area contributed by atoms with Crippen molar-refractivity contribution >= 4 is 46.6 Å². The lowest BCUT2D eigenvalue weighted by Gasteiger charge is -2.36. The third-order valence-electron chi connectivity index (χ3n) is 5.69. The van der Waals surface area contributed by atoms with Crippen LogP contribution < -0.4 is 14.5 Å². The van der Waals surface area contributed by atoms with Gasteiger partial charge in [0.25, 0.3) is 11.8 Å². The van der Waals surface area contributed by atoms with Crippen LogP contribution in [0, 0.1) is 13.8 Å². The van der Waals surface area contributed by atoms with Gasteiger partial charge in [-0.3, -0.25) is 19.4 Å². The molecule has 4 rings (SSSR count). The van der Waals surface area contributed by atoms with Gasteiger partial charge < -0.3 is 4.74 Å². The van der Waals surface area contributed by atoms with E-state index in [1.807, 2.05) is 81.4 Å². The maximum absolute atomic E-state index is 13.7. The molecule has 0 saturated carbocycles. The molecule has 1 saturated heterocycles. The van der Waals surface area contributed by atoms with Crippen LogP contribution in [0.1, 0.15) is 30.0 Å². The number of hydrogen-bond donors (Lipinski definition) is 0. The Kier molecular flexibility index (Phi) is 6.89. The van der Waals surface area contributed by atoms with Gasteiger partial charge in [-0.25, -0.2) is 0 Å². The molecule has 5 nitrogen and oxygen atoms in total. The van der Waals surface area contributed by atoms with E-state index in [1.54, 1.807) is 18.2 Å². The van der Waals surface area contributed by atoms with Crippen LogP contribution >= 0.6 is 12.2 Å². The standard InChI is InChI=1S/C28H26N2O3S/c1-4-16-33-25-13-9-8-10-21(25)18-24-26(31)29(22-11-6-5-7-12-22)28(34)30(27(24)32)23-15-14-19(2)20(3)17-23/h5-15,17-18H,4,16H2,1-3H3/b24-18-. The van der Waals surface area contributed by atoms with Crippen molar-refractivity contribution in [1.29, 1.82) is 0 Å². The van der Waals surface area contributed by atoms with Gasteiger partial charge in [-0.1, -0.05) is 49.4 Å². The van der Waals surface area contributed by atoms with E-state index in [9.17, 15) is 9.59 Å². The number of nitrogens with zero attached hydrogens (tertiary/aromatic N) is 2. The zero-order valence-electron chi connectivity index (χ0n) is 19.4. The molecule has 2 amide bonds. The van der Waals surface area contributed by atoms with Gasteiger partial charge in [0.1, 0.15) is 11.3 Å². The molecule has 0 bridgehead atoms. The van der Waals surface area contributed by atoms with Gasteiger partial charge in [0.15, 0.2) is 5.11 Å². The molecular formula is C28H26N2O3S. The Bertz CT molecular complexity index is 1280. The summed E-state index contributed by atoms with van der Waals surface area (Å²) in [6, 6.07) is 22.2. The normalized spacial score (nSPS) is 15.3. The number of anilines is 2. The van der Waals surface area contributed by atoms with Crippen LogP contribution in [-0.2, 0) is 9.59 Å². The van der Waals surface area contributed by atoms with E-state index in [-0.39, 0.29) is 10.7 Å². The fraction of sp³-hybridized carbons (Fsp3) is 0.179. The Morgan fingerprint density at radius 3 is 2.15 bits per heavy atom. The van der Waals surface area contributed by atoms with Gasteiger partial charge in [-0.15, -0.1) is 0 Å². The lowest BCUT2D eigenvalue weighted by atomic mass is 10.0. The van der Waals surface area contributed by atoms with E-state index in [0.717, 1.165) is 17.5 Å². The number of rotatable bonds is 6. The molecule has 1 aliphatic rings. The maximum atomic E-state index is 13.7. The van der Waals surface area contributed by atoms with Crippen molar-refractivity contribution in [3.05, 3.63) is 95.1 Å². The molecule has 34 heavy (non-hydrogen) atoms. The number of ether oxygens (including phenoxy) is 1. The quantitative estimate of drug-likeness (QED) is 0.258. The summed E-state index contributed by atoms with van der Waals surface area (Å²) in [7, 11) is 0. The minimum atomic E-state index is -0.466. The Labute approximate surface area is 205 Å². The SMILES string of the molecule is CCCOc1ccccc1/C=C1/C(=O)N(c2ccccc2)C(=S)N(c2ccc(C)c(C)c2)C1=O. The molecule has 1 aliphatic heterocycles. The number of amides is 2. The summed E-state index contributed by atoms with van der Waals surface area (Å²) in [5.41, 5.74) is 4.03. The van der Waals surface area contributed by atoms with Crippen molar-refractivity contribution in [2.75, 3.05) is 16.4 Å². The summed E-state index contributed by atoms with van der Waals surface area (Å²) >= 11 is 5.70. The van der Waals surface area contributed by atoms with Crippen LogP contribution in [0.4, 0.5) is 11.4 Å². The van der Waals surface area contributed by atoms with E-state index >= 15 is 0 Å². The van der Waals surface area contributed by atoms with Gasteiger partial charge in [0.2, 0.25) is 0 Å². The second-order valence-electron chi connectivity index (χ2n) is 8.11. The van der Waals surface area contributed by atoms with Crippen LogP contribution in [0.2, 0.25) is 0 Å². The van der Waals surface area contributed by atoms with Crippen LogP contribution in [0.15, 0.2) is 78.4 Å². The zero-order chi connectivity index (χ0) is 24.2. The molecule has 0 radical (unpaired) electrons. The Hall–Kier alpha value is -3.77. The van der Waals surface area contributed by atoms with Crippen LogP contribution in [0.25, 0.3) is 6.08 Å². The van der Waals surface area contributed by atoms with Crippen molar-refractivity contribution in [2.24, 2.45) is 0 Å². The topological polar surface area (TPSA) is 49.9 Å². The molecule has 3 aromatic carbocycles. The molecule has 172 valence electrons. The summed E-state index contributed by atoms with van der Waals surface area (Å²) in [5, 5.41) is 0.122. The van der Waals surface area contributed by atoms with Gasteiger partial charge in [-0.05, 0) is 80.0 Å². The van der Waals surface area contributed by atoms with Crippen molar-refractivity contribution < 1.29 is 14.3 Å². The average Bonchev–Trinajstić information content (AvgIpc) is 2.84. The second kappa shape index (κ2) is 10.0. The minimum absolute atomic E-state index is 0.0169. The number of para-hydroxylation sites is 2. The number of aryl methyl sites for hydroxylation is 2. The molecule has 0 unspecified atom stereocenters. The molecule has 3 aromatic rings. The summed E-state index contributed by atoms with van der Waals surface area (Å²) in [4.78, 5) is 30.2. The highest BCUT2D eigenvalue weighted by Crippen LogP contribution is 2.32. The largest absolute Gasteiger partial charge is 0.493 e. The van der Waals surface area contributed by atoms with E-state index in [2.05, 4.69) is 0 Å². The molecule has 0 aliphatic carbocycles. The Morgan fingerprint density at radius 1 is 0.824 bits per heavy atom. The lowest BCUT2D eigenvalue weighted by Crippen LogP contribution is -2.57. The molecule has 1 fully saturated rings. The third-order valence-corrected chi connectivity index (χ3v) is 6.06. The van der Waals surface area contributed by atoms with Gasteiger partial charge in [-0.2, -0.15) is 0 Å². The number of carbonyl (C=O) groups is 2. The predicted molar refractivity (Wildman–Crippen MR) is 140 cm³/mol. The second-order valence-corrected chi connectivity index (χ2v) is 8.48. The van der Waals surface area contributed by atoms with Crippen LogP contribution in [0.3, 0.4) is 0 Å². The van der Waals surface area contributed by atoms with Gasteiger partial charge >= 0.3 is 0 Å². The van der Waals surface area contributed by atoms with E-state index in [1.165, 1.54) is 9.80 Å². The first kappa shape index (κ1) is 23.4.